The molecule has 6 heteroatoms. The first-order valence-corrected chi connectivity index (χ1v) is 5.51. The number of nitrogens with one attached hydrogen (secondary N) is 1. The van der Waals surface area contributed by atoms with Crippen molar-refractivity contribution >= 4 is 17.6 Å². The van der Waals surface area contributed by atoms with Crippen molar-refractivity contribution in [1.82, 2.24) is 4.98 Å². The van der Waals surface area contributed by atoms with Crippen LogP contribution in [-0.2, 0) is 9.53 Å². The Morgan fingerprint density at radius 1 is 1.56 bits per heavy atom. The van der Waals surface area contributed by atoms with E-state index in [4.69, 9.17) is 9.84 Å². The molecule has 0 bridgehead atoms. The molecule has 0 fully saturated rings. The van der Waals surface area contributed by atoms with Gasteiger partial charge in [-0.2, -0.15) is 0 Å². The summed E-state index contributed by atoms with van der Waals surface area (Å²) in [5, 5.41) is 11.4. The summed E-state index contributed by atoms with van der Waals surface area (Å²) >= 11 is 0. The molecule has 0 radical (unpaired) electrons. The average Bonchev–Trinajstić information content (AvgIpc) is 2.29. The monoisotopic (exact) mass is 252 g/mol. The Bertz CT molecular complexity index is 434. The first-order chi connectivity index (χ1) is 8.52. The van der Waals surface area contributed by atoms with Crippen molar-refractivity contribution in [3.8, 4) is 0 Å². The van der Waals surface area contributed by atoms with Gasteiger partial charge in [-0.25, -0.2) is 9.78 Å². The minimum Gasteiger partial charge on any atom is -0.477 e. The second-order valence-corrected chi connectivity index (χ2v) is 4.05. The zero-order valence-electron chi connectivity index (χ0n) is 10.3. The second kappa shape index (κ2) is 6.70. The first-order valence-electron chi connectivity index (χ1n) is 5.51. The van der Waals surface area contributed by atoms with E-state index in [-0.39, 0.29) is 17.5 Å². The van der Waals surface area contributed by atoms with Crippen molar-refractivity contribution in [3.05, 3.63) is 24.0 Å². The summed E-state index contributed by atoms with van der Waals surface area (Å²) < 4.78 is 4.94. The number of pyridine rings is 1. The minimum absolute atomic E-state index is 0.0993. The highest BCUT2D eigenvalue weighted by Gasteiger charge is 2.10. The first kappa shape index (κ1) is 14.1. The Hall–Kier alpha value is -1.95. The number of rotatable bonds is 6. The number of carboxylic acid groups (broad SMARTS) is 1. The highest BCUT2D eigenvalue weighted by atomic mass is 16.5. The van der Waals surface area contributed by atoms with Crippen LogP contribution in [0.4, 0.5) is 5.69 Å². The number of ether oxygens (including phenoxy) is 1. The van der Waals surface area contributed by atoms with Gasteiger partial charge in [0.1, 0.15) is 5.69 Å². The van der Waals surface area contributed by atoms with E-state index in [1.54, 1.807) is 13.2 Å². The van der Waals surface area contributed by atoms with E-state index in [2.05, 4.69) is 10.3 Å². The quantitative estimate of drug-likeness (QED) is 0.798. The Balaban J connectivity index is 2.59. The van der Waals surface area contributed by atoms with Gasteiger partial charge in [0.2, 0.25) is 5.91 Å². The molecule has 1 atom stereocenters. The summed E-state index contributed by atoms with van der Waals surface area (Å²) in [5.41, 5.74) is 0.328. The van der Waals surface area contributed by atoms with Crippen LogP contribution in [0.5, 0.6) is 0 Å². The average molecular weight is 252 g/mol. The topological polar surface area (TPSA) is 88.5 Å². The van der Waals surface area contributed by atoms with Crippen LogP contribution in [0, 0.1) is 5.92 Å². The lowest BCUT2D eigenvalue weighted by Crippen LogP contribution is -2.17. The van der Waals surface area contributed by atoms with Gasteiger partial charge >= 0.3 is 5.97 Å². The number of carbonyl (C=O) groups excluding carboxylic acids is 1. The van der Waals surface area contributed by atoms with Crippen LogP contribution in [0.15, 0.2) is 18.3 Å². The lowest BCUT2D eigenvalue weighted by Gasteiger charge is -2.10. The van der Waals surface area contributed by atoms with Gasteiger partial charge in [-0.15, -0.1) is 0 Å². The van der Waals surface area contributed by atoms with Crippen LogP contribution >= 0.6 is 0 Å². The van der Waals surface area contributed by atoms with E-state index >= 15 is 0 Å². The molecule has 1 aromatic heterocycles. The largest absolute Gasteiger partial charge is 0.477 e. The molecule has 0 saturated carbocycles. The van der Waals surface area contributed by atoms with Crippen molar-refractivity contribution in [3.63, 3.8) is 0 Å². The lowest BCUT2D eigenvalue weighted by atomic mass is 10.1. The molecule has 0 aliphatic carbocycles. The fraction of sp³-hybridized carbons (Fsp3) is 0.417. The number of hydrogen-bond donors (Lipinski definition) is 2. The van der Waals surface area contributed by atoms with Crippen molar-refractivity contribution in [1.29, 1.82) is 0 Å². The standard InChI is InChI=1S/C12H16N2O4/c1-8(7-18-2)5-11(15)14-9-3-4-13-10(6-9)12(16)17/h3-4,6,8H,5,7H2,1-2H3,(H,16,17)(H,13,14,15). The molecule has 0 saturated heterocycles. The summed E-state index contributed by atoms with van der Waals surface area (Å²) in [5.74, 6) is -1.20. The van der Waals surface area contributed by atoms with Crippen molar-refractivity contribution < 1.29 is 19.4 Å². The number of amides is 1. The zero-order valence-corrected chi connectivity index (χ0v) is 10.3. The van der Waals surface area contributed by atoms with E-state index in [0.29, 0.717) is 18.7 Å². The fourth-order valence-corrected chi connectivity index (χ4v) is 1.50. The van der Waals surface area contributed by atoms with Crippen LogP contribution in [0.25, 0.3) is 0 Å². The van der Waals surface area contributed by atoms with Gasteiger partial charge in [0.15, 0.2) is 0 Å². The Morgan fingerprint density at radius 3 is 2.89 bits per heavy atom. The van der Waals surface area contributed by atoms with Gasteiger partial charge in [-0.3, -0.25) is 4.79 Å². The van der Waals surface area contributed by atoms with Crippen molar-refractivity contribution in [2.75, 3.05) is 19.0 Å². The normalized spacial score (nSPS) is 11.9. The molecular formula is C12H16N2O4. The number of hydrogen-bond acceptors (Lipinski definition) is 4. The number of nitrogens with zero attached hydrogens (tertiary/aromatic N) is 1. The third-order valence-corrected chi connectivity index (χ3v) is 2.25. The molecule has 0 aromatic carbocycles. The number of aromatic carboxylic acids is 1. The Morgan fingerprint density at radius 2 is 2.28 bits per heavy atom. The van der Waals surface area contributed by atoms with Gasteiger partial charge in [-0.1, -0.05) is 6.92 Å². The van der Waals surface area contributed by atoms with Gasteiger partial charge in [0.25, 0.3) is 0 Å². The number of carbonyl (C=O) groups is 2. The van der Waals surface area contributed by atoms with Crippen LogP contribution in [0.1, 0.15) is 23.8 Å². The molecule has 98 valence electrons. The summed E-state index contributed by atoms with van der Waals surface area (Å²) in [4.78, 5) is 26.0. The third-order valence-electron chi connectivity index (χ3n) is 2.25. The molecule has 1 rings (SSSR count). The number of aromatic nitrogens is 1. The van der Waals surface area contributed by atoms with E-state index in [1.807, 2.05) is 6.92 Å². The summed E-state index contributed by atoms with van der Waals surface area (Å²) in [6.07, 6.45) is 1.66. The predicted molar refractivity (Wildman–Crippen MR) is 65.5 cm³/mol. The SMILES string of the molecule is COCC(C)CC(=O)Nc1ccnc(C(=O)O)c1. The lowest BCUT2D eigenvalue weighted by molar-refractivity contribution is -0.117. The maximum Gasteiger partial charge on any atom is 0.354 e. The van der Waals surface area contributed by atoms with E-state index in [9.17, 15) is 9.59 Å². The van der Waals surface area contributed by atoms with Gasteiger partial charge in [0.05, 0.1) is 0 Å². The molecule has 1 aromatic rings. The maximum atomic E-state index is 11.6. The molecule has 1 unspecified atom stereocenters. The summed E-state index contributed by atoms with van der Waals surface area (Å²) in [6.45, 7) is 2.41. The van der Waals surface area contributed by atoms with Gasteiger partial charge in [-0.05, 0) is 18.1 Å². The van der Waals surface area contributed by atoms with Crippen LogP contribution < -0.4 is 5.32 Å². The van der Waals surface area contributed by atoms with E-state index in [1.165, 1.54) is 12.3 Å². The van der Waals surface area contributed by atoms with E-state index in [0.717, 1.165) is 0 Å². The minimum atomic E-state index is -1.13. The molecule has 0 aliphatic heterocycles. The van der Waals surface area contributed by atoms with E-state index < -0.39 is 5.97 Å². The molecular weight excluding hydrogens is 236 g/mol. The van der Waals surface area contributed by atoms with Crippen LogP contribution in [0.3, 0.4) is 0 Å². The molecule has 0 aliphatic rings. The van der Waals surface area contributed by atoms with Crippen molar-refractivity contribution in [2.24, 2.45) is 5.92 Å². The maximum absolute atomic E-state index is 11.6. The number of carboxylic acids is 1. The van der Waals surface area contributed by atoms with Gasteiger partial charge < -0.3 is 15.2 Å². The molecule has 0 spiro atoms. The van der Waals surface area contributed by atoms with Crippen LogP contribution in [-0.4, -0.2) is 35.7 Å². The van der Waals surface area contributed by atoms with Crippen LogP contribution in [0.2, 0.25) is 0 Å². The highest BCUT2D eigenvalue weighted by Crippen LogP contribution is 2.10. The van der Waals surface area contributed by atoms with Gasteiger partial charge in [0, 0.05) is 32.0 Å². The highest BCUT2D eigenvalue weighted by molar-refractivity contribution is 5.92. The summed E-state index contributed by atoms with van der Waals surface area (Å²) in [6, 6.07) is 2.87. The molecule has 1 heterocycles. The zero-order chi connectivity index (χ0) is 13.5. The number of anilines is 1. The fourth-order valence-electron chi connectivity index (χ4n) is 1.50. The molecule has 2 N–H and O–H groups in total. The molecule has 18 heavy (non-hydrogen) atoms. The predicted octanol–water partition coefficient (Wildman–Crippen LogP) is 1.39. The number of methoxy groups -OCH3 is 1. The molecule has 6 nitrogen and oxygen atoms in total. The Labute approximate surface area is 105 Å². The summed E-state index contributed by atoms with van der Waals surface area (Å²) in [7, 11) is 1.58. The second-order valence-electron chi connectivity index (χ2n) is 4.05. The Kier molecular flexibility index (Phi) is 5.26. The third kappa shape index (κ3) is 4.50. The molecule has 1 amide bonds. The smallest absolute Gasteiger partial charge is 0.354 e. The van der Waals surface area contributed by atoms with Crippen molar-refractivity contribution in [2.45, 2.75) is 13.3 Å².